The minimum absolute atomic E-state index is 0.400. The lowest BCUT2D eigenvalue weighted by Crippen LogP contribution is -2.45. The molecule has 1 heterocycles. The summed E-state index contributed by atoms with van der Waals surface area (Å²) in [5.41, 5.74) is 0.400. The van der Waals surface area contributed by atoms with Crippen LogP contribution in [0.1, 0.15) is 59.3 Å². The highest BCUT2D eigenvalue weighted by Gasteiger charge is 2.38. The van der Waals surface area contributed by atoms with Crippen LogP contribution in [0.3, 0.4) is 0 Å². The molecule has 1 aliphatic carbocycles. The van der Waals surface area contributed by atoms with Crippen molar-refractivity contribution in [1.82, 2.24) is 5.32 Å². The molecule has 0 bridgehead atoms. The lowest BCUT2D eigenvalue weighted by Gasteiger charge is -2.32. The fourth-order valence-corrected chi connectivity index (χ4v) is 4.03. The molecule has 0 radical (unpaired) electrons. The molecule has 3 heteroatoms. The summed E-state index contributed by atoms with van der Waals surface area (Å²) < 4.78 is 0. The van der Waals surface area contributed by atoms with Crippen LogP contribution < -0.4 is 5.32 Å². The molecule has 2 rings (SSSR count). The van der Waals surface area contributed by atoms with E-state index in [1.54, 1.807) is 0 Å². The van der Waals surface area contributed by atoms with Crippen LogP contribution in [0.5, 0.6) is 0 Å². The van der Waals surface area contributed by atoms with Crippen molar-refractivity contribution in [1.29, 1.82) is 0 Å². The minimum atomic E-state index is 0.400. The Morgan fingerprint density at radius 2 is 2.00 bits per heavy atom. The molecular formula is C14H26N2S. The van der Waals surface area contributed by atoms with E-state index in [1.807, 2.05) is 11.8 Å². The highest BCUT2D eigenvalue weighted by atomic mass is 32.2. The molecule has 2 unspecified atom stereocenters. The van der Waals surface area contributed by atoms with Gasteiger partial charge in [0.05, 0.1) is 6.04 Å². The van der Waals surface area contributed by atoms with Crippen LogP contribution in [0.25, 0.3) is 0 Å². The lowest BCUT2D eigenvalue weighted by atomic mass is 9.83. The predicted octanol–water partition coefficient (Wildman–Crippen LogP) is 3.82. The second-order valence-corrected chi connectivity index (χ2v) is 6.78. The molecule has 17 heavy (non-hydrogen) atoms. The summed E-state index contributed by atoms with van der Waals surface area (Å²) >= 11 is 1.94. The van der Waals surface area contributed by atoms with Crippen LogP contribution in [0.2, 0.25) is 0 Å². The van der Waals surface area contributed by atoms with E-state index >= 15 is 0 Å². The summed E-state index contributed by atoms with van der Waals surface area (Å²) in [6.45, 7) is 6.79. The molecule has 98 valence electrons. The van der Waals surface area contributed by atoms with E-state index in [0.29, 0.717) is 17.5 Å². The number of nitrogens with zero attached hydrogens (tertiary/aromatic N) is 1. The third kappa shape index (κ3) is 3.18. The first kappa shape index (κ1) is 13.3. The van der Waals surface area contributed by atoms with Crippen molar-refractivity contribution in [3.63, 3.8) is 0 Å². The Morgan fingerprint density at radius 3 is 2.65 bits per heavy atom. The van der Waals surface area contributed by atoms with Gasteiger partial charge in [0.2, 0.25) is 0 Å². The smallest absolute Gasteiger partial charge is 0.157 e. The average Bonchev–Trinajstić information content (AvgIpc) is 2.72. The zero-order valence-corrected chi connectivity index (χ0v) is 12.3. The van der Waals surface area contributed by atoms with Crippen LogP contribution in [0.4, 0.5) is 0 Å². The van der Waals surface area contributed by atoms with Crippen molar-refractivity contribution >= 4 is 16.9 Å². The van der Waals surface area contributed by atoms with Crippen LogP contribution in [-0.2, 0) is 0 Å². The zero-order valence-electron chi connectivity index (χ0n) is 11.5. The van der Waals surface area contributed by atoms with E-state index in [2.05, 4.69) is 26.1 Å². The van der Waals surface area contributed by atoms with Crippen LogP contribution in [-0.4, -0.2) is 22.5 Å². The van der Waals surface area contributed by atoms with Crippen LogP contribution in [0.15, 0.2) is 4.99 Å². The van der Waals surface area contributed by atoms with E-state index in [-0.39, 0.29) is 0 Å². The molecule has 0 aromatic rings. The van der Waals surface area contributed by atoms with Gasteiger partial charge in [-0.15, -0.1) is 0 Å². The molecule has 2 nitrogen and oxygen atoms in total. The second kappa shape index (κ2) is 5.64. The number of rotatable bonds is 3. The van der Waals surface area contributed by atoms with Gasteiger partial charge in [-0.2, -0.15) is 0 Å². The summed E-state index contributed by atoms with van der Waals surface area (Å²) in [4.78, 5) is 4.86. The van der Waals surface area contributed by atoms with Crippen molar-refractivity contribution in [3.05, 3.63) is 0 Å². The molecular weight excluding hydrogens is 228 g/mol. The third-order valence-corrected chi connectivity index (χ3v) is 5.63. The first-order chi connectivity index (χ1) is 8.15. The summed E-state index contributed by atoms with van der Waals surface area (Å²) in [5.74, 6) is 1.92. The number of hydrogen-bond acceptors (Lipinski definition) is 2. The van der Waals surface area contributed by atoms with E-state index in [0.717, 1.165) is 0 Å². The van der Waals surface area contributed by atoms with Gasteiger partial charge in [-0.1, -0.05) is 51.3 Å². The summed E-state index contributed by atoms with van der Waals surface area (Å²) in [6.07, 6.45) is 8.11. The Kier molecular flexibility index (Phi) is 4.40. The SMILES string of the molecule is CCC(C)C(C)N=C1NC2(CCCCC2)CS1. The third-order valence-electron chi connectivity index (χ3n) is 4.46. The highest BCUT2D eigenvalue weighted by molar-refractivity contribution is 8.14. The van der Waals surface area contributed by atoms with Crippen molar-refractivity contribution < 1.29 is 0 Å². The monoisotopic (exact) mass is 254 g/mol. The molecule has 1 saturated carbocycles. The predicted molar refractivity (Wildman–Crippen MR) is 77.8 cm³/mol. The molecule has 1 saturated heterocycles. The maximum Gasteiger partial charge on any atom is 0.157 e. The minimum Gasteiger partial charge on any atom is -0.359 e. The normalized spacial score (nSPS) is 29.2. The Hall–Kier alpha value is -0.180. The summed E-state index contributed by atoms with van der Waals surface area (Å²) in [7, 11) is 0. The van der Waals surface area contributed by atoms with Crippen LogP contribution in [0, 0.1) is 5.92 Å². The molecule has 1 aliphatic heterocycles. The van der Waals surface area contributed by atoms with Crippen molar-refractivity contribution in [3.8, 4) is 0 Å². The largest absolute Gasteiger partial charge is 0.359 e. The Balaban J connectivity index is 1.94. The van der Waals surface area contributed by atoms with Gasteiger partial charge < -0.3 is 5.32 Å². The number of amidine groups is 1. The fraction of sp³-hybridized carbons (Fsp3) is 0.929. The molecule has 1 spiro atoms. The van der Waals surface area contributed by atoms with Gasteiger partial charge in [-0.3, -0.25) is 4.99 Å². The van der Waals surface area contributed by atoms with E-state index in [4.69, 9.17) is 4.99 Å². The maximum absolute atomic E-state index is 4.86. The fourth-order valence-electron chi connectivity index (χ4n) is 2.73. The van der Waals surface area contributed by atoms with E-state index < -0.39 is 0 Å². The van der Waals surface area contributed by atoms with Gasteiger partial charge in [0.25, 0.3) is 0 Å². The molecule has 2 atom stereocenters. The van der Waals surface area contributed by atoms with Gasteiger partial charge in [0.15, 0.2) is 5.17 Å². The number of thioether (sulfide) groups is 1. The van der Waals surface area contributed by atoms with Gasteiger partial charge in [0, 0.05) is 11.3 Å². The number of nitrogens with one attached hydrogen (secondary N) is 1. The molecule has 0 amide bonds. The highest BCUT2D eigenvalue weighted by Crippen LogP contribution is 2.36. The summed E-state index contributed by atoms with van der Waals surface area (Å²) in [6, 6.07) is 0.453. The Morgan fingerprint density at radius 1 is 1.29 bits per heavy atom. The first-order valence-electron chi connectivity index (χ1n) is 7.14. The topological polar surface area (TPSA) is 24.4 Å². The lowest BCUT2D eigenvalue weighted by molar-refractivity contribution is 0.303. The van der Waals surface area contributed by atoms with E-state index in [1.165, 1.54) is 49.4 Å². The first-order valence-corrected chi connectivity index (χ1v) is 8.12. The van der Waals surface area contributed by atoms with Crippen molar-refractivity contribution in [2.24, 2.45) is 10.9 Å². The van der Waals surface area contributed by atoms with Gasteiger partial charge in [0.1, 0.15) is 0 Å². The Bertz CT molecular complexity index is 282. The van der Waals surface area contributed by atoms with Gasteiger partial charge in [-0.25, -0.2) is 0 Å². The Labute approximate surface area is 110 Å². The zero-order chi connectivity index (χ0) is 12.3. The van der Waals surface area contributed by atoms with Crippen molar-refractivity contribution in [2.45, 2.75) is 70.9 Å². The molecule has 2 fully saturated rings. The molecule has 0 aromatic carbocycles. The van der Waals surface area contributed by atoms with E-state index in [9.17, 15) is 0 Å². The number of aliphatic imine (C=N–C) groups is 1. The van der Waals surface area contributed by atoms with Crippen molar-refractivity contribution in [2.75, 3.05) is 5.75 Å². The molecule has 0 aromatic heterocycles. The average molecular weight is 254 g/mol. The van der Waals surface area contributed by atoms with Crippen LogP contribution >= 0.6 is 11.8 Å². The quantitative estimate of drug-likeness (QED) is 0.828. The summed E-state index contributed by atoms with van der Waals surface area (Å²) in [5, 5.41) is 4.94. The second-order valence-electron chi connectivity index (χ2n) is 5.82. The molecule has 1 N–H and O–H groups in total. The standard InChI is InChI=1S/C14H26N2S/c1-4-11(2)12(3)15-13-16-14(10-17-13)8-6-5-7-9-14/h11-12H,4-10H2,1-3H3,(H,15,16). The van der Waals surface area contributed by atoms with Gasteiger partial charge >= 0.3 is 0 Å². The van der Waals surface area contributed by atoms with Gasteiger partial charge in [-0.05, 0) is 25.7 Å². The molecule has 2 aliphatic rings. The number of hydrogen-bond donors (Lipinski definition) is 1. The maximum atomic E-state index is 4.86.